The lowest BCUT2D eigenvalue weighted by Gasteiger charge is -2.17. The highest BCUT2D eigenvalue weighted by Crippen LogP contribution is 2.23. The van der Waals surface area contributed by atoms with Crippen LogP contribution in [0.3, 0.4) is 0 Å². The average molecular weight is 382 g/mol. The summed E-state index contributed by atoms with van der Waals surface area (Å²) >= 11 is 0. The summed E-state index contributed by atoms with van der Waals surface area (Å²) in [4.78, 5) is 45.7. The minimum Gasteiger partial charge on any atom is -0.467 e. The Hall–Kier alpha value is -1.50. The van der Waals surface area contributed by atoms with E-state index in [1.54, 1.807) is 0 Å². The number of carbonyl (C=O) groups is 4. The van der Waals surface area contributed by atoms with Gasteiger partial charge in [-0.25, -0.2) is 9.59 Å². The maximum absolute atomic E-state index is 11.6. The Balaban J connectivity index is 4.45. The van der Waals surface area contributed by atoms with Gasteiger partial charge in [0.05, 0.1) is 27.3 Å². The molecule has 0 bridgehead atoms. The Kier molecular flexibility index (Phi) is 12.1. The lowest BCUT2D eigenvalue weighted by atomic mass is 10.3. The van der Waals surface area contributed by atoms with Gasteiger partial charge in [-0.15, -0.1) is 0 Å². The molecule has 0 heterocycles. The van der Waals surface area contributed by atoms with Crippen molar-refractivity contribution in [3.05, 3.63) is 0 Å². The fraction of sp³-hybridized carbons (Fsp3) is 0.667. The van der Waals surface area contributed by atoms with E-state index < -0.39 is 35.8 Å². The van der Waals surface area contributed by atoms with Crippen molar-refractivity contribution in [2.75, 3.05) is 38.8 Å². The molecule has 0 aliphatic rings. The molecular weight excluding hydrogens is 360 g/mol. The molecule has 0 spiro atoms. The first kappa shape index (κ1) is 22.5. The van der Waals surface area contributed by atoms with Crippen molar-refractivity contribution in [3.8, 4) is 0 Å². The average Bonchev–Trinajstić information content (AvgIpc) is 2.60. The van der Waals surface area contributed by atoms with E-state index in [4.69, 9.17) is 11.5 Å². The SMILES string of the molecule is COC(=O)[C@H](CSSC[C@H](NC(=O)CN)C(=O)OC)NC(=O)CN. The molecule has 0 aliphatic carbocycles. The molecule has 2 amide bonds. The normalized spacial score (nSPS) is 12.7. The van der Waals surface area contributed by atoms with Crippen LogP contribution in [0.15, 0.2) is 0 Å². The van der Waals surface area contributed by atoms with Gasteiger partial charge < -0.3 is 31.6 Å². The molecule has 0 unspecified atom stereocenters. The molecule has 12 heteroatoms. The predicted octanol–water partition coefficient (Wildman–Crippen LogP) is -2.40. The van der Waals surface area contributed by atoms with Gasteiger partial charge in [0.1, 0.15) is 12.1 Å². The van der Waals surface area contributed by atoms with Crippen LogP contribution >= 0.6 is 21.6 Å². The van der Waals surface area contributed by atoms with Crippen molar-refractivity contribution in [2.45, 2.75) is 12.1 Å². The summed E-state index contributed by atoms with van der Waals surface area (Å²) in [6.07, 6.45) is 0. The lowest BCUT2D eigenvalue weighted by molar-refractivity contribution is -0.144. The Morgan fingerprint density at radius 1 is 0.833 bits per heavy atom. The maximum Gasteiger partial charge on any atom is 0.329 e. The molecule has 2 atom stereocenters. The summed E-state index contributed by atoms with van der Waals surface area (Å²) in [7, 11) is 4.85. The third kappa shape index (κ3) is 8.96. The molecule has 6 N–H and O–H groups in total. The van der Waals surface area contributed by atoms with Crippen LogP contribution in [-0.4, -0.2) is 74.7 Å². The second-order valence-corrected chi connectivity index (χ2v) is 6.82. The van der Waals surface area contributed by atoms with Crippen LogP contribution < -0.4 is 22.1 Å². The van der Waals surface area contributed by atoms with Crippen LogP contribution in [0.4, 0.5) is 0 Å². The standard InChI is InChI=1S/C12H22N4O6S2/c1-21-11(19)7(15-9(17)3-13)5-23-24-6-8(12(20)22-2)16-10(18)4-14/h7-8H,3-6,13-14H2,1-2H3,(H,15,17)(H,16,18)/t7-,8-/m0/s1. The van der Waals surface area contributed by atoms with E-state index in [-0.39, 0.29) is 24.6 Å². The number of hydrogen-bond donors (Lipinski definition) is 4. The van der Waals surface area contributed by atoms with E-state index >= 15 is 0 Å². The van der Waals surface area contributed by atoms with Gasteiger partial charge >= 0.3 is 11.9 Å². The lowest BCUT2D eigenvalue weighted by Crippen LogP contribution is -2.46. The molecule has 0 radical (unpaired) electrons. The van der Waals surface area contributed by atoms with E-state index in [0.29, 0.717) is 0 Å². The zero-order chi connectivity index (χ0) is 18.5. The first-order valence-corrected chi connectivity index (χ1v) is 9.27. The number of methoxy groups -OCH3 is 2. The number of carbonyl (C=O) groups excluding carboxylic acids is 4. The van der Waals surface area contributed by atoms with Crippen LogP contribution in [0.5, 0.6) is 0 Å². The maximum atomic E-state index is 11.6. The van der Waals surface area contributed by atoms with E-state index in [9.17, 15) is 19.2 Å². The summed E-state index contributed by atoms with van der Waals surface area (Å²) in [6, 6.07) is -1.72. The topological polar surface area (TPSA) is 163 Å². The van der Waals surface area contributed by atoms with Gasteiger partial charge in [-0.05, 0) is 0 Å². The molecule has 0 aromatic rings. The largest absolute Gasteiger partial charge is 0.467 e. The van der Waals surface area contributed by atoms with Crippen LogP contribution in [0.1, 0.15) is 0 Å². The van der Waals surface area contributed by atoms with Gasteiger partial charge in [0.2, 0.25) is 11.8 Å². The second kappa shape index (κ2) is 12.9. The first-order valence-electron chi connectivity index (χ1n) is 6.78. The monoisotopic (exact) mass is 382 g/mol. The minimum atomic E-state index is -0.862. The molecule has 0 aromatic carbocycles. The zero-order valence-electron chi connectivity index (χ0n) is 13.4. The Morgan fingerprint density at radius 3 is 1.42 bits per heavy atom. The van der Waals surface area contributed by atoms with Crippen molar-refractivity contribution in [2.24, 2.45) is 11.5 Å². The van der Waals surface area contributed by atoms with Crippen LogP contribution in [0.25, 0.3) is 0 Å². The molecule has 0 saturated carbocycles. The third-order valence-electron chi connectivity index (χ3n) is 2.57. The Labute approximate surface area is 147 Å². The van der Waals surface area contributed by atoms with Gasteiger partial charge in [0, 0.05) is 11.5 Å². The molecular formula is C12H22N4O6S2. The molecule has 138 valence electrons. The molecule has 0 aliphatic heterocycles. The van der Waals surface area contributed by atoms with E-state index in [1.165, 1.54) is 35.8 Å². The van der Waals surface area contributed by atoms with Crippen LogP contribution in [-0.2, 0) is 28.7 Å². The second-order valence-electron chi connectivity index (χ2n) is 4.26. The van der Waals surface area contributed by atoms with Gasteiger partial charge in [0.25, 0.3) is 0 Å². The summed E-state index contributed by atoms with van der Waals surface area (Å²) in [5.41, 5.74) is 10.4. The summed E-state index contributed by atoms with van der Waals surface area (Å²) in [5, 5.41) is 4.86. The predicted molar refractivity (Wildman–Crippen MR) is 90.9 cm³/mol. The highest BCUT2D eigenvalue weighted by Gasteiger charge is 2.24. The number of hydrogen-bond acceptors (Lipinski definition) is 10. The number of nitrogens with two attached hydrogens (primary N) is 2. The highest BCUT2D eigenvalue weighted by atomic mass is 33.1. The van der Waals surface area contributed by atoms with Gasteiger partial charge in [0.15, 0.2) is 0 Å². The number of esters is 2. The molecule has 10 nitrogen and oxygen atoms in total. The van der Waals surface area contributed by atoms with Crippen LogP contribution in [0, 0.1) is 0 Å². The number of nitrogens with one attached hydrogen (secondary N) is 2. The Morgan fingerprint density at radius 2 is 1.17 bits per heavy atom. The number of rotatable bonds is 11. The molecule has 0 aromatic heterocycles. The minimum absolute atomic E-state index is 0.196. The van der Waals surface area contributed by atoms with Gasteiger partial charge in [-0.2, -0.15) is 0 Å². The highest BCUT2D eigenvalue weighted by molar-refractivity contribution is 8.76. The quantitative estimate of drug-likeness (QED) is 0.172. The zero-order valence-corrected chi connectivity index (χ0v) is 15.0. The summed E-state index contributed by atoms with van der Waals surface area (Å²) < 4.78 is 9.19. The third-order valence-corrected chi connectivity index (χ3v) is 4.99. The van der Waals surface area contributed by atoms with Crippen molar-refractivity contribution in [1.82, 2.24) is 10.6 Å². The fourth-order valence-corrected chi connectivity index (χ4v) is 3.66. The number of amides is 2. The molecule has 0 rings (SSSR count). The summed E-state index contributed by atoms with van der Waals surface area (Å²) in [5.74, 6) is -1.79. The van der Waals surface area contributed by atoms with E-state index in [1.807, 2.05) is 0 Å². The fourth-order valence-electron chi connectivity index (χ4n) is 1.36. The molecule has 0 saturated heterocycles. The van der Waals surface area contributed by atoms with Gasteiger partial charge in [-0.1, -0.05) is 21.6 Å². The molecule has 0 fully saturated rings. The molecule has 24 heavy (non-hydrogen) atoms. The number of ether oxygens (including phenoxy) is 2. The van der Waals surface area contributed by atoms with Crippen molar-refractivity contribution in [3.63, 3.8) is 0 Å². The van der Waals surface area contributed by atoms with Crippen molar-refractivity contribution in [1.29, 1.82) is 0 Å². The van der Waals surface area contributed by atoms with Crippen LogP contribution in [0.2, 0.25) is 0 Å². The smallest absolute Gasteiger partial charge is 0.329 e. The van der Waals surface area contributed by atoms with E-state index in [2.05, 4.69) is 20.1 Å². The summed E-state index contributed by atoms with van der Waals surface area (Å²) in [6.45, 7) is -0.498. The van der Waals surface area contributed by atoms with E-state index in [0.717, 1.165) is 0 Å². The van der Waals surface area contributed by atoms with Gasteiger partial charge in [-0.3, -0.25) is 9.59 Å². The van der Waals surface area contributed by atoms with Crippen molar-refractivity contribution < 1.29 is 28.7 Å². The Bertz CT molecular complexity index is 411. The first-order chi connectivity index (χ1) is 11.4. The van der Waals surface area contributed by atoms with Crippen molar-refractivity contribution >= 4 is 45.3 Å².